The number of ether oxygens (including phenoxy) is 2. The molecule has 2 aromatic rings. The second-order valence-corrected chi connectivity index (χ2v) is 4.69. The molecule has 0 fully saturated rings. The Morgan fingerprint density at radius 2 is 1.95 bits per heavy atom. The van der Waals surface area contributed by atoms with E-state index in [9.17, 15) is 0 Å². The van der Waals surface area contributed by atoms with Crippen molar-refractivity contribution >= 4 is 5.82 Å². The number of nitrogens with zero attached hydrogens (tertiary/aromatic N) is 1. The van der Waals surface area contributed by atoms with Gasteiger partial charge < -0.3 is 19.7 Å². The number of aromatic nitrogens is 1. The molecule has 0 saturated heterocycles. The third-order valence-electron chi connectivity index (χ3n) is 3.48. The van der Waals surface area contributed by atoms with E-state index in [0.29, 0.717) is 17.3 Å². The van der Waals surface area contributed by atoms with Crippen LogP contribution in [0.2, 0.25) is 0 Å². The molecule has 0 amide bonds. The van der Waals surface area contributed by atoms with Crippen LogP contribution in [0, 0.1) is 0 Å². The molecule has 0 aliphatic rings. The zero-order valence-corrected chi connectivity index (χ0v) is 12.3. The van der Waals surface area contributed by atoms with Gasteiger partial charge in [0.25, 0.3) is 0 Å². The van der Waals surface area contributed by atoms with E-state index in [1.165, 1.54) is 0 Å². The number of hydrogen-bond donors (Lipinski definition) is 1. The molecule has 5 heteroatoms. The first-order valence-electron chi connectivity index (χ1n) is 6.59. The van der Waals surface area contributed by atoms with Crippen molar-refractivity contribution in [2.45, 2.75) is 26.2 Å². The summed E-state index contributed by atoms with van der Waals surface area (Å²) in [6.45, 7) is 4.19. The molecule has 0 spiro atoms. The minimum Gasteiger partial charge on any atom is -0.493 e. The van der Waals surface area contributed by atoms with Crippen LogP contribution in [-0.2, 0) is 0 Å². The van der Waals surface area contributed by atoms with Gasteiger partial charge in [0.05, 0.1) is 19.8 Å². The zero-order chi connectivity index (χ0) is 14.7. The van der Waals surface area contributed by atoms with Gasteiger partial charge in [-0.05, 0) is 24.1 Å². The van der Waals surface area contributed by atoms with E-state index >= 15 is 0 Å². The Balaban J connectivity index is 2.54. The number of nitrogens with two attached hydrogens (primary N) is 1. The minimum absolute atomic E-state index is 0.253. The van der Waals surface area contributed by atoms with Crippen LogP contribution >= 0.6 is 0 Å². The van der Waals surface area contributed by atoms with Crippen molar-refractivity contribution in [3.63, 3.8) is 0 Å². The predicted octanol–water partition coefficient (Wildman–Crippen LogP) is 3.45. The van der Waals surface area contributed by atoms with E-state index in [-0.39, 0.29) is 5.92 Å². The number of hydrogen-bond acceptors (Lipinski definition) is 5. The normalized spacial score (nSPS) is 12.2. The Morgan fingerprint density at radius 3 is 2.55 bits per heavy atom. The average molecular weight is 276 g/mol. The first-order chi connectivity index (χ1) is 9.62. The van der Waals surface area contributed by atoms with Crippen molar-refractivity contribution in [3.8, 4) is 22.6 Å². The van der Waals surface area contributed by atoms with E-state index in [1.807, 2.05) is 18.2 Å². The summed E-state index contributed by atoms with van der Waals surface area (Å²) in [7, 11) is 3.21. The summed E-state index contributed by atoms with van der Waals surface area (Å²) in [6, 6.07) is 5.66. The summed E-state index contributed by atoms with van der Waals surface area (Å²) in [6.07, 6.45) is 0.953. The number of nitrogen functional groups attached to an aromatic ring is 1. The Morgan fingerprint density at radius 1 is 1.25 bits per heavy atom. The lowest BCUT2D eigenvalue weighted by molar-refractivity contribution is 0.355. The van der Waals surface area contributed by atoms with Gasteiger partial charge in [-0.1, -0.05) is 25.1 Å². The van der Waals surface area contributed by atoms with Crippen LogP contribution in [0.5, 0.6) is 11.5 Å². The highest BCUT2D eigenvalue weighted by molar-refractivity contribution is 5.77. The maximum atomic E-state index is 5.95. The monoisotopic (exact) mass is 276 g/mol. The minimum atomic E-state index is 0.253. The van der Waals surface area contributed by atoms with Crippen molar-refractivity contribution in [2.24, 2.45) is 0 Å². The fourth-order valence-electron chi connectivity index (χ4n) is 2.12. The summed E-state index contributed by atoms with van der Waals surface area (Å²) in [5.74, 6) is 2.78. The van der Waals surface area contributed by atoms with Crippen molar-refractivity contribution in [2.75, 3.05) is 20.0 Å². The smallest absolute Gasteiger partial charge is 0.175 e. The van der Waals surface area contributed by atoms with Gasteiger partial charge in [-0.15, -0.1) is 0 Å². The van der Waals surface area contributed by atoms with Crippen LogP contribution in [0.1, 0.15) is 31.9 Å². The van der Waals surface area contributed by atoms with Gasteiger partial charge in [-0.3, -0.25) is 0 Å². The maximum absolute atomic E-state index is 5.95. The molecule has 20 heavy (non-hydrogen) atoms. The Kier molecular flexibility index (Phi) is 4.17. The van der Waals surface area contributed by atoms with Crippen molar-refractivity contribution in [1.82, 2.24) is 5.16 Å². The zero-order valence-electron chi connectivity index (χ0n) is 12.3. The third kappa shape index (κ3) is 2.43. The van der Waals surface area contributed by atoms with Gasteiger partial charge in [0.1, 0.15) is 5.76 Å². The lowest BCUT2D eigenvalue weighted by Gasteiger charge is -2.11. The summed E-state index contributed by atoms with van der Waals surface area (Å²) in [4.78, 5) is 0. The largest absolute Gasteiger partial charge is 0.493 e. The molecule has 2 rings (SSSR count). The highest BCUT2D eigenvalue weighted by Crippen LogP contribution is 2.39. The Bertz CT molecular complexity index is 593. The van der Waals surface area contributed by atoms with E-state index in [0.717, 1.165) is 23.3 Å². The summed E-state index contributed by atoms with van der Waals surface area (Å²) in [5.41, 5.74) is 7.70. The van der Waals surface area contributed by atoms with E-state index in [4.69, 9.17) is 19.7 Å². The van der Waals surface area contributed by atoms with Gasteiger partial charge in [0.2, 0.25) is 0 Å². The van der Waals surface area contributed by atoms with Crippen molar-refractivity contribution < 1.29 is 14.0 Å². The van der Waals surface area contributed by atoms with Crippen LogP contribution < -0.4 is 15.2 Å². The number of rotatable bonds is 5. The standard InChI is InChI=1S/C15H20N2O3/c1-5-9(2)14-13(15(16)17-20-14)10-6-7-11(18-3)12(8-10)19-4/h6-9H,5H2,1-4H3,(H2,16,17). The summed E-state index contributed by atoms with van der Waals surface area (Å²) < 4.78 is 16.0. The van der Waals surface area contributed by atoms with Crippen LogP contribution in [0.15, 0.2) is 22.7 Å². The molecule has 0 aliphatic carbocycles. The topological polar surface area (TPSA) is 70.5 Å². The molecular weight excluding hydrogens is 256 g/mol. The van der Waals surface area contributed by atoms with Gasteiger partial charge in [0, 0.05) is 5.92 Å². The highest BCUT2D eigenvalue weighted by Gasteiger charge is 2.21. The molecule has 1 aromatic heterocycles. The van der Waals surface area contributed by atoms with Crippen LogP contribution in [0.3, 0.4) is 0 Å². The predicted molar refractivity (Wildman–Crippen MR) is 78.2 cm³/mol. The van der Waals surface area contributed by atoms with Gasteiger partial charge in [-0.25, -0.2) is 0 Å². The fourth-order valence-corrected chi connectivity index (χ4v) is 2.12. The molecule has 0 aliphatic heterocycles. The van der Waals surface area contributed by atoms with Crippen LogP contribution in [0.25, 0.3) is 11.1 Å². The molecule has 5 nitrogen and oxygen atoms in total. The molecule has 1 heterocycles. The molecule has 0 bridgehead atoms. The number of methoxy groups -OCH3 is 2. The first-order valence-corrected chi connectivity index (χ1v) is 6.59. The highest BCUT2D eigenvalue weighted by atomic mass is 16.5. The molecule has 108 valence electrons. The van der Waals surface area contributed by atoms with Gasteiger partial charge in [-0.2, -0.15) is 0 Å². The molecule has 0 radical (unpaired) electrons. The molecule has 2 N–H and O–H groups in total. The maximum Gasteiger partial charge on any atom is 0.175 e. The lowest BCUT2D eigenvalue weighted by Crippen LogP contribution is -1.96. The fraction of sp³-hybridized carbons (Fsp3) is 0.400. The summed E-state index contributed by atoms with van der Waals surface area (Å²) in [5, 5.41) is 3.89. The van der Waals surface area contributed by atoms with Crippen LogP contribution in [-0.4, -0.2) is 19.4 Å². The average Bonchev–Trinajstić information content (AvgIpc) is 2.87. The molecular formula is C15H20N2O3. The Hall–Kier alpha value is -2.17. The van der Waals surface area contributed by atoms with E-state index < -0.39 is 0 Å². The number of benzene rings is 1. The second kappa shape index (κ2) is 5.86. The SMILES string of the molecule is CCC(C)c1onc(N)c1-c1ccc(OC)c(OC)c1. The number of anilines is 1. The van der Waals surface area contributed by atoms with Crippen molar-refractivity contribution in [3.05, 3.63) is 24.0 Å². The third-order valence-corrected chi connectivity index (χ3v) is 3.48. The molecule has 0 saturated carbocycles. The van der Waals surface area contributed by atoms with Gasteiger partial charge >= 0.3 is 0 Å². The van der Waals surface area contributed by atoms with Crippen molar-refractivity contribution in [1.29, 1.82) is 0 Å². The van der Waals surface area contributed by atoms with Gasteiger partial charge in [0.15, 0.2) is 17.3 Å². The molecule has 1 atom stereocenters. The first kappa shape index (κ1) is 14.2. The molecule has 1 aromatic carbocycles. The summed E-state index contributed by atoms with van der Waals surface area (Å²) >= 11 is 0. The molecule has 1 unspecified atom stereocenters. The lowest BCUT2D eigenvalue weighted by atomic mass is 9.97. The second-order valence-electron chi connectivity index (χ2n) is 4.69. The Labute approximate surface area is 118 Å². The quantitative estimate of drug-likeness (QED) is 0.905. The van der Waals surface area contributed by atoms with E-state index in [1.54, 1.807) is 14.2 Å². The van der Waals surface area contributed by atoms with E-state index in [2.05, 4.69) is 19.0 Å². The van der Waals surface area contributed by atoms with Crippen LogP contribution in [0.4, 0.5) is 5.82 Å².